The highest BCUT2D eigenvalue weighted by Gasteiger charge is 2.15. The van der Waals surface area contributed by atoms with E-state index in [4.69, 9.17) is 0 Å². The number of hydrogen-bond acceptors (Lipinski definition) is 5. The minimum Gasteiger partial charge on any atom is -0.355 e. The van der Waals surface area contributed by atoms with E-state index in [1.807, 2.05) is 29.6 Å². The summed E-state index contributed by atoms with van der Waals surface area (Å²) in [7, 11) is 0. The third-order valence-electron chi connectivity index (χ3n) is 4.48. The van der Waals surface area contributed by atoms with Gasteiger partial charge in [0.25, 0.3) is 5.56 Å². The number of nitrogens with zero attached hydrogens (tertiary/aromatic N) is 2. The van der Waals surface area contributed by atoms with E-state index in [2.05, 4.69) is 35.9 Å². The van der Waals surface area contributed by atoms with Crippen LogP contribution in [0.5, 0.6) is 0 Å². The summed E-state index contributed by atoms with van der Waals surface area (Å²) in [5.41, 5.74) is 1.81. The van der Waals surface area contributed by atoms with Gasteiger partial charge in [0.05, 0.1) is 11.3 Å². The third-order valence-corrected chi connectivity index (χ3v) is 6.35. The highest BCUT2D eigenvalue weighted by molar-refractivity contribution is 7.99. The zero-order valence-electron chi connectivity index (χ0n) is 15.8. The number of carbonyl (C=O) groups is 1. The molecule has 0 aliphatic carbocycles. The first-order valence-electron chi connectivity index (χ1n) is 9.17. The van der Waals surface area contributed by atoms with Gasteiger partial charge in [0.15, 0.2) is 5.16 Å². The molecule has 7 heteroatoms. The largest absolute Gasteiger partial charge is 0.355 e. The predicted molar refractivity (Wildman–Crippen MR) is 117 cm³/mol. The maximum Gasteiger partial charge on any atom is 0.272 e. The van der Waals surface area contributed by atoms with Gasteiger partial charge in [-0.2, -0.15) is 0 Å². The summed E-state index contributed by atoms with van der Waals surface area (Å²) in [6.07, 6.45) is 2.62. The van der Waals surface area contributed by atoms with E-state index in [1.165, 1.54) is 28.7 Å². The number of benzene rings is 1. The Kier molecular flexibility index (Phi) is 7.06. The van der Waals surface area contributed by atoms with E-state index in [0.717, 1.165) is 6.42 Å². The Bertz CT molecular complexity index is 1010. The Morgan fingerprint density at radius 2 is 2.14 bits per heavy atom. The van der Waals surface area contributed by atoms with Gasteiger partial charge in [-0.15, -0.1) is 17.9 Å². The summed E-state index contributed by atoms with van der Waals surface area (Å²) < 4.78 is 2.20. The van der Waals surface area contributed by atoms with Gasteiger partial charge in [-0.1, -0.05) is 55.1 Å². The normalized spacial score (nSPS) is 12.0. The van der Waals surface area contributed by atoms with Crippen molar-refractivity contribution in [2.24, 2.45) is 0 Å². The molecule has 0 saturated carbocycles. The maximum absolute atomic E-state index is 12.6. The number of allylic oxidation sites excluding steroid dienone is 1. The summed E-state index contributed by atoms with van der Waals surface area (Å²) in [5, 5.41) is 5.40. The van der Waals surface area contributed by atoms with E-state index in [9.17, 15) is 9.59 Å². The van der Waals surface area contributed by atoms with E-state index >= 15 is 0 Å². The highest BCUT2D eigenvalue weighted by atomic mass is 32.2. The summed E-state index contributed by atoms with van der Waals surface area (Å²) >= 11 is 2.66. The van der Waals surface area contributed by atoms with E-state index in [0.29, 0.717) is 28.5 Å². The number of carbonyl (C=O) groups excluding carboxylic acids is 1. The molecule has 0 spiro atoms. The van der Waals surface area contributed by atoms with Crippen LogP contribution >= 0.6 is 23.1 Å². The SMILES string of the molecule is C=CCn1c(SCC(=O)NCC(CC)c2ccccc2)nc2ccsc2c1=O. The zero-order valence-corrected chi connectivity index (χ0v) is 17.4. The molecule has 1 unspecified atom stereocenters. The van der Waals surface area contributed by atoms with Crippen LogP contribution in [-0.2, 0) is 11.3 Å². The van der Waals surface area contributed by atoms with Crippen LogP contribution in [0.3, 0.4) is 0 Å². The molecule has 0 aliphatic heterocycles. The first-order chi connectivity index (χ1) is 13.6. The van der Waals surface area contributed by atoms with Gasteiger partial charge in [-0.25, -0.2) is 4.98 Å². The van der Waals surface area contributed by atoms with Crippen molar-refractivity contribution in [1.29, 1.82) is 0 Å². The lowest BCUT2D eigenvalue weighted by atomic mass is 9.96. The van der Waals surface area contributed by atoms with Gasteiger partial charge in [-0.05, 0) is 23.4 Å². The second-order valence-corrected chi connectivity index (χ2v) is 8.20. The van der Waals surface area contributed by atoms with Crippen molar-refractivity contribution in [3.63, 3.8) is 0 Å². The molecule has 28 heavy (non-hydrogen) atoms. The number of fused-ring (bicyclic) bond motifs is 1. The standard InChI is InChI=1S/C21H23N3O2S2/c1-3-11-24-20(26)19-17(10-12-27-19)23-21(24)28-14-18(25)22-13-15(4-2)16-8-6-5-7-9-16/h3,5-10,12,15H,1,4,11,13-14H2,2H3,(H,22,25). The second kappa shape index (κ2) is 9.71. The van der Waals surface area contributed by atoms with Gasteiger partial charge >= 0.3 is 0 Å². The van der Waals surface area contributed by atoms with Crippen LogP contribution in [0.1, 0.15) is 24.8 Å². The van der Waals surface area contributed by atoms with Crippen molar-refractivity contribution >= 4 is 39.2 Å². The number of nitrogens with one attached hydrogen (secondary N) is 1. The molecule has 146 valence electrons. The molecular formula is C21H23N3O2S2. The minimum atomic E-state index is -0.0852. The van der Waals surface area contributed by atoms with Gasteiger partial charge in [0.2, 0.25) is 5.91 Å². The lowest BCUT2D eigenvalue weighted by Gasteiger charge is -2.16. The molecule has 1 aromatic carbocycles. The van der Waals surface area contributed by atoms with Crippen LogP contribution in [0.15, 0.2) is 64.4 Å². The number of rotatable bonds is 9. The third kappa shape index (κ3) is 4.72. The Balaban J connectivity index is 1.65. The molecule has 2 heterocycles. The van der Waals surface area contributed by atoms with Crippen molar-refractivity contribution in [2.45, 2.75) is 31.0 Å². The number of thiophene rings is 1. The zero-order chi connectivity index (χ0) is 19.9. The molecule has 0 fully saturated rings. The van der Waals surface area contributed by atoms with Crippen LogP contribution in [0.2, 0.25) is 0 Å². The van der Waals surface area contributed by atoms with Crippen molar-refractivity contribution in [1.82, 2.24) is 14.9 Å². The van der Waals surface area contributed by atoms with Crippen molar-refractivity contribution in [2.75, 3.05) is 12.3 Å². The summed E-state index contributed by atoms with van der Waals surface area (Å²) in [6, 6.07) is 12.0. The summed E-state index contributed by atoms with van der Waals surface area (Å²) in [4.78, 5) is 29.6. The molecule has 0 saturated heterocycles. The molecule has 3 aromatic rings. The molecule has 0 radical (unpaired) electrons. The Labute approximate surface area is 172 Å². The summed E-state index contributed by atoms with van der Waals surface area (Å²) in [6.45, 7) is 6.80. The predicted octanol–water partition coefficient (Wildman–Crippen LogP) is 4.05. The number of hydrogen-bond donors (Lipinski definition) is 1. The lowest BCUT2D eigenvalue weighted by Crippen LogP contribution is -2.30. The van der Waals surface area contributed by atoms with E-state index in [-0.39, 0.29) is 23.1 Å². The highest BCUT2D eigenvalue weighted by Crippen LogP contribution is 2.21. The molecule has 0 bridgehead atoms. The second-order valence-electron chi connectivity index (χ2n) is 6.34. The van der Waals surface area contributed by atoms with E-state index < -0.39 is 0 Å². The molecular weight excluding hydrogens is 390 g/mol. The monoisotopic (exact) mass is 413 g/mol. The molecule has 5 nitrogen and oxygen atoms in total. The van der Waals surface area contributed by atoms with Crippen LogP contribution in [0.25, 0.3) is 10.2 Å². The van der Waals surface area contributed by atoms with Crippen LogP contribution in [0.4, 0.5) is 0 Å². The first kappa shape index (κ1) is 20.4. The number of amides is 1. The fourth-order valence-corrected chi connectivity index (χ4v) is 4.58. The molecule has 1 N–H and O–H groups in total. The Morgan fingerprint density at radius 1 is 1.36 bits per heavy atom. The molecule has 3 rings (SSSR count). The Morgan fingerprint density at radius 3 is 2.86 bits per heavy atom. The van der Waals surface area contributed by atoms with E-state index in [1.54, 1.807) is 10.6 Å². The van der Waals surface area contributed by atoms with Gasteiger partial charge < -0.3 is 5.32 Å². The minimum absolute atomic E-state index is 0.0656. The maximum atomic E-state index is 12.6. The van der Waals surface area contributed by atoms with Crippen LogP contribution in [-0.4, -0.2) is 27.8 Å². The smallest absolute Gasteiger partial charge is 0.272 e. The van der Waals surface area contributed by atoms with Gasteiger partial charge in [0, 0.05) is 19.0 Å². The average molecular weight is 414 g/mol. The molecule has 2 aromatic heterocycles. The summed E-state index contributed by atoms with van der Waals surface area (Å²) in [5.74, 6) is 0.434. The number of thioether (sulfide) groups is 1. The molecule has 0 aliphatic rings. The lowest BCUT2D eigenvalue weighted by molar-refractivity contribution is -0.118. The first-order valence-corrected chi connectivity index (χ1v) is 11.0. The molecule has 1 amide bonds. The van der Waals surface area contributed by atoms with Crippen LogP contribution in [0, 0.1) is 0 Å². The van der Waals surface area contributed by atoms with Crippen molar-refractivity contribution in [3.8, 4) is 0 Å². The number of aromatic nitrogens is 2. The van der Waals surface area contributed by atoms with Crippen LogP contribution < -0.4 is 10.9 Å². The fraction of sp³-hybridized carbons (Fsp3) is 0.286. The average Bonchev–Trinajstić information content (AvgIpc) is 3.19. The fourth-order valence-electron chi connectivity index (χ4n) is 2.96. The quantitative estimate of drug-likeness (QED) is 0.327. The Hall–Kier alpha value is -2.38. The van der Waals surface area contributed by atoms with Gasteiger partial charge in [0.1, 0.15) is 4.70 Å². The molecule has 1 atom stereocenters. The van der Waals surface area contributed by atoms with Crippen molar-refractivity contribution in [3.05, 3.63) is 70.4 Å². The van der Waals surface area contributed by atoms with Gasteiger partial charge in [-0.3, -0.25) is 14.2 Å². The topological polar surface area (TPSA) is 64.0 Å². The van der Waals surface area contributed by atoms with Crippen molar-refractivity contribution < 1.29 is 4.79 Å².